The normalized spacial score (nSPS) is 16.9. The second-order valence-corrected chi connectivity index (χ2v) is 6.87. The number of aromatic nitrogens is 2. The van der Waals surface area contributed by atoms with Gasteiger partial charge in [0.2, 0.25) is 23.5 Å². The molecular formula is C19H24N4O3. The maximum Gasteiger partial charge on any atom is 0.227 e. The van der Waals surface area contributed by atoms with E-state index >= 15 is 0 Å². The Morgan fingerprint density at radius 1 is 1.31 bits per heavy atom. The number of aryl methyl sites for hydroxylation is 1. The summed E-state index contributed by atoms with van der Waals surface area (Å²) in [6.45, 7) is 5.07. The minimum atomic E-state index is -0.0618. The van der Waals surface area contributed by atoms with Crippen molar-refractivity contribution in [2.75, 3.05) is 13.1 Å². The van der Waals surface area contributed by atoms with Crippen LogP contribution in [0.3, 0.4) is 0 Å². The van der Waals surface area contributed by atoms with E-state index in [-0.39, 0.29) is 30.2 Å². The molecule has 2 amide bonds. The number of carbonyl (C=O) groups is 2. The van der Waals surface area contributed by atoms with Crippen molar-refractivity contribution in [1.29, 1.82) is 0 Å². The van der Waals surface area contributed by atoms with Crippen LogP contribution in [0.25, 0.3) is 11.4 Å². The molecule has 0 bridgehead atoms. The zero-order valence-corrected chi connectivity index (χ0v) is 15.1. The number of nitrogens with one attached hydrogen (secondary N) is 1. The summed E-state index contributed by atoms with van der Waals surface area (Å²) in [6, 6.07) is 9.58. The molecule has 0 saturated carbocycles. The lowest BCUT2D eigenvalue weighted by atomic mass is 10.2. The van der Waals surface area contributed by atoms with Crippen molar-refractivity contribution in [3.63, 3.8) is 0 Å². The van der Waals surface area contributed by atoms with Crippen LogP contribution in [0, 0.1) is 5.92 Å². The second kappa shape index (κ2) is 8.12. The van der Waals surface area contributed by atoms with Gasteiger partial charge in [-0.05, 0) is 6.42 Å². The Labute approximate surface area is 152 Å². The number of hydrogen-bond acceptors (Lipinski definition) is 5. The topological polar surface area (TPSA) is 88.3 Å². The van der Waals surface area contributed by atoms with Crippen LogP contribution in [0.2, 0.25) is 0 Å². The predicted molar refractivity (Wildman–Crippen MR) is 96.0 cm³/mol. The molecule has 0 unspecified atom stereocenters. The highest BCUT2D eigenvalue weighted by atomic mass is 16.5. The van der Waals surface area contributed by atoms with Crippen molar-refractivity contribution in [2.24, 2.45) is 5.92 Å². The third-order valence-corrected chi connectivity index (χ3v) is 4.42. The van der Waals surface area contributed by atoms with Crippen molar-refractivity contribution in [3.05, 3.63) is 36.2 Å². The van der Waals surface area contributed by atoms with E-state index in [1.54, 1.807) is 0 Å². The molecule has 2 aromatic rings. The van der Waals surface area contributed by atoms with E-state index in [4.69, 9.17) is 4.52 Å². The van der Waals surface area contributed by atoms with Gasteiger partial charge in [-0.15, -0.1) is 0 Å². The number of benzene rings is 1. The van der Waals surface area contributed by atoms with Gasteiger partial charge in [-0.2, -0.15) is 4.98 Å². The standard InChI is InChI=1S/C19H24N4O3/c1-13(2)19(25)23-11-10-15(12-23)20-16(24)8-9-17-21-18(22-26-17)14-6-4-3-5-7-14/h3-7,13,15H,8-12H2,1-2H3,(H,20,24)/t15-/m0/s1. The molecule has 1 aliphatic rings. The van der Waals surface area contributed by atoms with Gasteiger partial charge >= 0.3 is 0 Å². The van der Waals surface area contributed by atoms with Gasteiger partial charge in [0, 0.05) is 43.5 Å². The van der Waals surface area contributed by atoms with Crippen LogP contribution in [0.1, 0.15) is 32.6 Å². The lowest BCUT2D eigenvalue weighted by Gasteiger charge is -2.19. The van der Waals surface area contributed by atoms with Crippen LogP contribution in [0.5, 0.6) is 0 Å². The highest BCUT2D eigenvalue weighted by Crippen LogP contribution is 2.16. The van der Waals surface area contributed by atoms with Crippen molar-refractivity contribution >= 4 is 11.8 Å². The highest BCUT2D eigenvalue weighted by Gasteiger charge is 2.28. The first-order valence-electron chi connectivity index (χ1n) is 8.99. The molecular weight excluding hydrogens is 332 g/mol. The lowest BCUT2D eigenvalue weighted by Crippen LogP contribution is -2.39. The summed E-state index contributed by atoms with van der Waals surface area (Å²) in [7, 11) is 0. The highest BCUT2D eigenvalue weighted by molar-refractivity contribution is 5.79. The fourth-order valence-corrected chi connectivity index (χ4v) is 3.02. The molecule has 1 aromatic carbocycles. The molecule has 7 heteroatoms. The number of likely N-dealkylation sites (tertiary alicyclic amines) is 1. The number of carbonyl (C=O) groups excluding carboxylic acids is 2. The van der Waals surface area contributed by atoms with Crippen molar-refractivity contribution in [2.45, 2.75) is 39.2 Å². The SMILES string of the molecule is CC(C)C(=O)N1CC[C@H](NC(=O)CCc2nc(-c3ccccc3)no2)C1. The van der Waals surface area contributed by atoms with Gasteiger partial charge in [0.25, 0.3) is 0 Å². The Bertz CT molecular complexity index is 757. The molecule has 1 N–H and O–H groups in total. The van der Waals surface area contributed by atoms with Crippen molar-refractivity contribution in [1.82, 2.24) is 20.4 Å². The molecule has 138 valence electrons. The Kier molecular flexibility index (Phi) is 5.65. The largest absolute Gasteiger partial charge is 0.352 e. The van der Waals surface area contributed by atoms with E-state index in [1.165, 1.54) is 0 Å². The van der Waals surface area contributed by atoms with Gasteiger partial charge in [0.1, 0.15) is 0 Å². The van der Waals surface area contributed by atoms with E-state index in [9.17, 15) is 9.59 Å². The van der Waals surface area contributed by atoms with Gasteiger partial charge in [-0.25, -0.2) is 0 Å². The molecule has 0 radical (unpaired) electrons. The average Bonchev–Trinajstić information content (AvgIpc) is 3.29. The summed E-state index contributed by atoms with van der Waals surface area (Å²) >= 11 is 0. The minimum absolute atomic E-state index is 0.0132. The molecule has 7 nitrogen and oxygen atoms in total. The van der Waals surface area contributed by atoms with Gasteiger partial charge in [-0.3, -0.25) is 9.59 Å². The molecule has 1 saturated heterocycles. The Morgan fingerprint density at radius 3 is 2.81 bits per heavy atom. The summed E-state index contributed by atoms with van der Waals surface area (Å²) < 4.78 is 5.22. The van der Waals surface area contributed by atoms with E-state index in [1.807, 2.05) is 49.1 Å². The zero-order chi connectivity index (χ0) is 18.5. The molecule has 1 aliphatic heterocycles. The van der Waals surface area contributed by atoms with Gasteiger partial charge < -0.3 is 14.7 Å². The van der Waals surface area contributed by atoms with Crippen molar-refractivity contribution < 1.29 is 14.1 Å². The predicted octanol–water partition coefficient (Wildman–Crippen LogP) is 2.04. The summed E-state index contributed by atoms with van der Waals surface area (Å²) in [5.41, 5.74) is 0.882. The van der Waals surface area contributed by atoms with Crippen molar-refractivity contribution in [3.8, 4) is 11.4 Å². The Hall–Kier alpha value is -2.70. The summed E-state index contributed by atoms with van der Waals surface area (Å²) in [5.74, 6) is 1.04. The number of nitrogens with zero attached hydrogens (tertiary/aromatic N) is 3. The fourth-order valence-electron chi connectivity index (χ4n) is 3.02. The average molecular weight is 356 g/mol. The van der Waals surface area contributed by atoms with Crippen LogP contribution in [-0.4, -0.2) is 46.0 Å². The van der Waals surface area contributed by atoms with Crippen LogP contribution < -0.4 is 5.32 Å². The molecule has 1 atom stereocenters. The molecule has 26 heavy (non-hydrogen) atoms. The van der Waals surface area contributed by atoms with E-state index in [0.29, 0.717) is 31.2 Å². The van der Waals surface area contributed by atoms with E-state index in [0.717, 1.165) is 12.0 Å². The summed E-state index contributed by atoms with van der Waals surface area (Å²) in [6.07, 6.45) is 1.47. The van der Waals surface area contributed by atoms with Crippen LogP contribution in [0.15, 0.2) is 34.9 Å². The zero-order valence-electron chi connectivity index (χ0n) is 15.1. The maximum atomic E-state index is 12.2. The molecule has 3 rings (SSSR count). The summed E-state index contributed by atoms with van der Waals surface area (Å²) in [5, 5.41) is 6.94. The molecule has 0 spiro atoms. The monoisotopic (exact) mass is 356 g/mol. The van der Waals surface area contributed by atoms with E-state index in [2.05, 4.69) is 15.5 Å². The molecule has 1 fully saturated rings. The number of hydrogen-bond donors (Lipinski definition) is 1. The smallest absolute Gasteiger partial charge is 0.227 e. The first-order chi connectivity index (χ1) is 12.5. The van der Waals surface area contributed by atoms with Crippen LogP contribution in [-0.2, 0) is 16.0 Å². The quantitative estimate of drug-likeness (QED) is 0.856. The maximum absolute atomic E-state index is 12.2. The second-order valence-electron chi connectivity index (χ2n) is 6.87. The lowest BCUT2D eigenvalue weighted by molar-refractivity contribution is -0.133. The summed E-state index contributed by atoms with van der Waals surface area (Å²) in [4.78, 5) is 30.3. The Morgan fingerprint density at radius 2 is 2.08 bits per heavy atom. The molecule has 2 heterocycles. The van der Waals surface area contributed by atoms with Crippen LogP contribution >= 0.6 is 0 Å². The number of rotatable bonds is 6. The van der Waals surface area contributed by atoms with Crippen LogP contribution in [0.4, 0.5) is 0 Å². The molecule has 0 aliphatic carbocycles. The fraction of sp³-hybridized carbons (Fsp3) is 0.474. The third kappa shape index (κ3) is 4.47. The first kappa shape index (κ1) is 18.1. The van der Waals surface area contributed by atoms with E-state index < -0.39 is 0 Å². The first-order valence-corrected chi connectivity index (χ1v) is 8.99. The van der Waals surface area contributed by atoms with Gasteiger partial charge in [0.15, 0.2) is 0 Å². The van der Waals surface area contributed by atoms with Gasteiger partial charge in [0.05, 0.1) is 0 Å². The van der Waals surface area contributed by atoms with Gasteiger partial charge in [-0.1, -0.05) is 49.3 Å². The third-order valence-electron chi connectivity index (χ3n) is 4.42. The number of amides is 2. The molecule has 1 aromatic heterocycles. The Balaban J connectivity index is 1.45. The minimum Gasteiger partial charge on any atom is -0.352 e.